The van der Waals surface area contributed by atoms with Crippen LogP contribution in [0.1, 0.15) is 49.0 Å². The summed E-state index contributed by atoms with van der Waals surface area (Å²) in [6.07, 6.45) is -5.02. The van der Waals surface area contributed by atoms with Crippen LogP contribution in [0.3, 0.4) is 0 Å². The molecule has 2 N–H and O–H groups in total. The van der Waals surface area contributed by atoms with Gasteiger partial charge >= 0.3 is 6.18 Å². The van der Waals surface area contributed by atoms with E-state index < -0.39 is 69.5 Å². The molecule has 9 nitrogen and oxygen atoms in total. The third kappa shape index (κ3) is 6.39. The maximum Gasteiger partial charge on any atom is 0.420 e. The SMILES string of the molecule is CCC(F)Oc1ccc(C(=O)Nc2c(-c3c(F)cc(OC)cc3F)n(C)n(-c3nc(NC4(C)CC4)ccc3C(F)(F)F)c2=O)cc1. The minimum Gasteiger partial charge on any atom is -0.497 e. The summed E-state index contributed by atoms with van der Waals surface area (Å²) in [6.45, 7) is 3.42. The van der Waals surface area contributed by atoms with Crippen LogP contribution in [0.25, 0.3) is 17.1 Å². The van der Waals surface area contributed by atoms with E-state index in [1.807, 2.05) is 6.92 Å². The van der Waals surface area contributed by atoms with E-state index in [1.165, 1.54) is 31.4 Å². The van der Waals surface area contributed by atoms with Gasteiger partial charge in [-0.15, -0.1) is 0 Å². The summed E-state index contributed by atoms with van der Waals surface area (Å²) in [5.41, 5.74) is -5.17. The third-order valence-corrected chi connectivity index (χ3v) is 7.51. The lowest BCUT2D eigenvalue weighted by atomic mass is 10.1. The number of alkyl halides is 4. The van der Waals surface area contributed by atoms with Crippen LogP contribution in [-0.2, 0) is 13.2 Å². The second kappa shape index (κ2) is 12.1. The first-order chi connectivity index (χ1) is 21.7. The zero-order valence-electron chi connectivity index (χ0n) is 25.1. The summed E-state index contributed by atoms with van der Waals surface area (Å²) in [4.78, 5) is 31.4. The topological polar surface area (TPSA) is 99.4 Å². The molecule has 1 amide bonds. The van der Waals surface area contributed by atoms with Gasteiger partial charge in [0, 0.05) is 36.7 Å². The molecule has 2 aromatic heterocycles. The Morgan fingerprint density at radius 3 is 2.24 bits per heavy atom. The number of nitrogens with one attached hydrogen (secondary N) is 2. The predicted octanol–water partition coefficient (Wildman–Crippen LogP) is 6.84. The highest BCUT2D eigenvalue weighted by Crippen LogP contribution is 2.40. The monoisotopic (exact) mass is 649 g/mol. The number of methoxy groups -OCH3 is 1. The van der Waals surface area contributed by atoms with Crippen molar-refractivity contribution in [1.82, 2.24) is 14.3 Å². The molecule has 1 aliphatic carbocycles. The summed E-state index contributed by atoms with van der Waals surface area (Å²) in [5.74, 6) is -4.35. The molecule has 0 saturated heterocycles. The van der Waals surface area contributed by atoms with Gasteiger partial charge in [-0.05, 0) is 56.2 Å². The van der Waals surface area contributed by atoms with Gasteiger partial charge in [0.25, 0.3) is 11.5 Å². The lowest BCUT2D eigenvalue weighted by molar-refractivity contribution is -0.137. The number of hydrogen-bond donors (Lipinski definition) is 2. The standard InChI is InChI=1S/C31H29F6N5O4/c1-5-22(34)46-17-8-6-16(7-9-17)28(43)39-25-26(24-20(32)14-18(45-4)15-21(24)33)41(3)42(29(25)44)27-19(31(35,36)37)10-11-23(38-27)40-30(2)12-13-30/h6-11,14-15,22H,5,12-13H2,1-4H3,(H,38,40)(H,39,43). The molecule has 0 aliphatic heterocycles. The number of amides is 1. The van der Waals surface area contributed by atoms with Crippen molar-refractivity contribution in [2.75, 3.05) is 17.7 Å². The average molecular weight is 650 g/mol. The predicted molar refractivity (Wildman–Crippen MR) is 157 cm³/mol. The maximum absolute atomic E-state index is 15.4. The summed E-state index contributed by atoms with van der Waals surface area (Å²) >= 11 is 0. The van der Waals surface area contributed by atoms with E-state index in [1.54, 1.807) is 6.92 Å². The van der Waals surface area contributed by atoms with Gasteiger partial charge in [-0.3, -0.25) is 14.3 Å². The second-order valence-corrected chi connectivity index (χ2v) is 11.0. The molecular formula is C31H29F6N5O4. The van der Waals surface area contributed by atoms with Crippen LogP contribution >= 0.6 is 0 Å². The molecule has 4 aromatic rings. The number of carbonyl (C=O) groups is 1. The Labute approximate surface area is 258 Å². The summed E-state index contributed by atoms with van der Waals surface area (Å²) in [6, 6.07) is 8.59. The van der Waals surface area contributed by atoms with Crippen molar-refractivity contribution >= 4 is 17.4 Å². The highest BCUT2D eigenvalue weighted by molar-refractivity contribution is 6.06. The molecule has 2 heterocycles. The first-order valence-corrected chi connectivity index (χ1v) is 14.1. The van der Waals surface area contributed by atoms with Gasteiger partial charge in [0.2, 0.25) is 6.36 Å². The van der Waals surface area contributed by atoms with Crippen LogP contribution in [0.15, 0.2) is 53.3 Å². The smallest absolute Gasteiger partial charge is 0.420 e. The van der Waals surface area contributed by atoms with Gasteiger partial charge in [0.1, 0.15) is 45.9 Å². The first kappa shape index (κ1) is 32.4. The van der Waals surface area contributed by atoms with Crippen LogP contribution in [0.2, 0.25) is 0 Å². The molecule has 2 aromatic carbocycles. The lowest BCUT2D eigenvalue weighted by Crippen LogP contribution is -2.27. The van der Waals surface area contributed by atoms with Gasteiger partial charge in [-0.25, -0.2) is 18.2 Å². The Morgan fingerprint density at radius 2 is 1.70 bits per heavy atom. The van der Waals surface area contributed by atoms with Gasteiger partial charge in [0.15, 0.2) is 5.82 Å². The Hall–Kier alpha value is -4.95. The summed E-state index contributed by atoms with van der Waals surface area (Å²) in [7, 11) is 2.28. The molecule has 0 bridgehead atoms. The highest BCUT2D eigenvalue weighted by atomic mass is 19.4. The fourth-order valence-electron chi connectivity index (χ4n) is 4.76. The van der Waals surface area contributed by atoms with Crippen molar-refractivity contribution in [3.63, 3.8) is 0 Å². The molecule has 5 rings (SSSR count). The Bertz CT molecular complexity index is 1820. The van der Waals surface area contributed by atoms with Crippen LogP contribution in [0.5, 0.6) is 11.5 Å². The van der Waals surface area contributed by atoms with Crippen LogP contribution in [0.4, 0.5) is 37.8 Å². The third-order valence-electron chi connectivity index (χ3n) is 7.51. The van der Waals surface area contributed by atoms with Gasteiger partial charge < -0.3 is 20.1 Å². The minimum atomic E-state index is -4.99. The van der Waals surface area contributed by atoms with E-state index in [0.29, 0.717) is 4.68 Å². The van der Waals surface area contributed by atoms with Crippen LogP contribution < -0.4 is 25.7 Å². The Morgan fingerprint density at radius 1 is 1.07 bits per heavy atom. The fourth-order valence-corrected chi connectivity index (χ4v) is 4.76. The van der Waals surface area contributed by atoms with Crippen LogP contribution in [-0.4, -0.2) is 39.3 Å². The zero-order valence-corrected chi connectivity index (χ0v) is 25.1. The molecule has 1 unspecified atom stereocenters. The second-order valence-electron chi connectivity index (χ2n) is 11.0. The van der Waals surface area contributed by atoms with E-state index in [2.05, 4.69) is 15.6 Å². The Kier molecular flexibility index (Phi) is 8.53. The van der Waals surface area contributed by atoms with Crippen molar-refractivity contribution < 1.29 is 40.6 Å². The molecule has 15 heteroatoms. The minimum absolute atomic E-state index is 0.0333. The zero-order chi connectivity index (χ0) is 33.6. The number of anilines is 2. The number of nitrogens with zero attached hydrogens (tertiary/aromatic N) is 3. The molecule has 1 fully saturated rings. The summed E-state index contributed by atoms with van der Waals surface area (Å²) in [5, 5.41) is 5.34. The Balaban J connectivity index is 1.69. The maximum atomic E-state index is 15.4. The van der Waals surface area contributed by atoms with E-state index in [4.69, 9.17) is 9.47 Å². The van der Waals surface area contributed by atoms with Gasteiger partial charge in [-0.2, -0.15) is 17.9 Å². The number of pyridine rings is 1. The van der Waals surface area contributed by atoms with E-state index in [0.717, 1.165) is 48.8 Å². The molecular weight excluding hydrogens is 620 g/mol. The molecule has 46 heavy (non-hydrogen) atoms. The molecule has 0 radical (unpaired) electrons. The number of rotatable bonds is 10. The van der Waals surface area contributed by atoms with Crippen molar-refractivity contribution in [3.05, 3.63) is 81.6 Å². The number of benzene rings is 2. The average Bonchev–Trinajstić information content (AvgIpc) is 3.67. The van der Waals surface area contributed by atoms with E-state index >= 15 is 8.78 Å². The van der Waals surface area contributed by atoms with Crippen molar-refractivity contribution in [2.24, 2.45) is 7.05 Å². The van der Waals surface area contributed by atoms with Crippen molar-refractivity contribution in [1.29, 1.82) is 0 Å². The van der Waals surface area contributed by atoms with E-state index in [9.17, 15) is 27.2 Å². The van der Waals surface area contributed by atoms with Gasteiger partial charge in [-0.1, -0.05) is 6.92 Å². The molecule has 1 aliphatic rings. The molecule has 1 atom stereocenters. The molecule has 1 saturated carbocycles. The largest absolute Gasteiger partial charge is 0.497 e. The number of carbonyl (C=O) groups excluding carboxylic acids is 1. The van der Waals surface area contributed by atoms with E-state index in [-0.39, 0.29) is 29.3 Å². The first-order valence-electron chi connectivity index (χ1n) is 14.1. The number of halogens is 6. The molecule has 0 spiro atoms. The normalized spacial score (nSPS) is 14.5. The highest BCUT2D eigenvalue weighted by Gasteiger charge is 2.40. The van der Waals surface area contributed by atoms with Crippen molar-refractivity contribution in [3.8, 4) is 28.6 Å². The number of hydrogen-bond acceptors (Lipinski definition) is 6. The fraction of sp³-hybridized carbons (Fsp3) is 0.323. The van der Waals surface area contributed by atoms with Gasteiger partial charge in [0.05, 0.1) is 12.7 Å². The lowest BCUT2D eigenvalue weighted by Gasteiger charge is -2.18. The summed E-state index contributed by atoms with van der Waals surface area (Å²) < 4.78 is 98.5. The van der Waals surface area contributed by atoms with Crippen LogP contribution in [0, 0.1) is 11.6 Å². The number of aromatic nitrogens is 3. The number of ether oxygens (including phenoxy) is 2. The quantitative estimate of drug-likeness (QED) is 0.183. The molecule has 244 valence electrons. The van der Waals surface area contributed by atoms with Crippen molar-refractivity contribution in [2.45, 2.75) is 51.2 Å².